The minimum Gasteiger partial charge on any atom is -0.349 e. The summed E-state index contributed by atoms with van der Waals surface area (Å²) in [4.78, 5) is 11.5. The standard InChI is InChI=1S/C17H27NO/c1-5-6-7-8-12-16(4)14-18-17(19)13-10-9-11-15(2)3/h1,10,13,15H,4,6-9,11-12,14H2,2-3H3,(H,18,19)/b13-10+. The first-order valence-electron chi connectivity index (χ1n) is 7.10. The monoisotopic (exact) mass is 261 g/mol. The molecule has 2 nitrogen and oxygen atoms in total. The number of carbonyl (C=O) groups is 1. The van der Waals surface area contributed by atoms with Crippen LogP contribution in [0.4, 0.5) is 0 Å². The Labute approximate surface area is 118 Å². The normalized spacial score (nSPS) is 10.6. The number of hydrogen-bond acceptors (Lipinski definition) is 1. The minimum absolute atomic E-state index is 0.0338. The number of unbranched alkanes of at least 4 members (excludes halogenated alkanes) is 2. The molecule has 0 bridgehead atoms. The molecule has 106 valence electrons. The molecule has 1 N–H and O–H groups in total. The highest BCUT2D eigenvalue weighted by Crippen LogP contribution is 2.06. The van der Waals surface area contributed by atoms with Gasteiger partial charge in [0.2, 0.25) is 5.91 Å². The van der Waals surface area contributed by atoms with Crippen molar-refractivity contribution in [1.82, 2.24) is 5.32 Å². The number of amides is 1. The first-order valence-corrected chi connectivity index (χ1v) is 7.10. The lowest BCUT2D eigenvalue weighted by Crippen LogP contribution is -2.23. The van der Waals surface area contributed by atoms with Crippen LogP contribution in [0.5, 0.6) is 0 Å². The van der Waals surface area contributed by atoms with Gasteiger partial charge in [-0.2, -0.15) is 0 Å². The van der Waals surface area contributed by atoms with Gasteiger partial charge >= 0.3 is 0 Å². The largest absolute Gasteiger partial charge is 0.349 e. The molecule has 0 heterocycles. The average Bonchev–Trinajstić information content (AvgIpc) is 2.37. The van der Waals surface area contributed by atoms with E-state index in [1.807, 2.05) is 6.08 Å². The van der Waals surface area contributed by atoms with E-state index in [1.165, 1.54) is 0 Å². The molecule has 2 heteroatoms. The number of allylic oxidation sites excluding steroid dienone is 1. The van der Waals surface area contributed by atoms with Crippen molar-refractivity contribution in [2.75, 3.05) is 6.54 Å². The van der Waals surface area contributed by atoms with Crippen molar-refractivity contribution in [3.63, 3.8) is 0 Å². The second-order valence-electron chi connectivity index (χ2n) is 5.25. The van der Waals surface area contributed by atoms with Gasteiger partial charge in [0.1, 0.15) is 0 Å². The first kappa shape index (κ1) is 17.5. The minimum atomic E-state index is -0.0338. The van der Waals surface area contributed by atoms with Crippen molar-refractivity contribution < 1.29 is 4.79 Å². The van der Waals surface area contributed by atoms with Gasteiger partial charge < -0.3 is 5.32 Å². The number of hydrogen-bond donors (Lipinski definition) is 1. The third-order valence-corrected chi connectivity index (χ3v) is 2.79. The van der Waals surface area contributed by atoms with Crippen LogP contribution in [0.2, 0.25) is 0 Å². The van der Waals surface area contributed by atoms with Crippen LogP contribution in [-0.4, -0.2) is 12.5 Å². The Kier molecular flexibility index (Phi) is 10.7. The van der Waals surface area contributed by atoms with Gasteiger partial charge in [-0.15, -0.1) is 12.3 Å². The van der Waals surface area contributed by atoms with E-state index in [1.54, 1.807) is 6.08 Å². The molecule has 19 heavy (non-hydrogen) atoms. The van der Waals surface area contributed by atoms with E-state index < -0.39 is 0 Å². The summed E-state index contributed by atoms with van der Waals surface area (Å²) in [6, 6.07) is 0. The van der Waals surface area contributed by atoms with Crippen LogP contribution in [0.25, 0.3) is 0 Å². The summed E-state index contributed by atoms with van der Waals surface area (Å²) < 4.78 is 0. The van der Waals surface area contributed by atoms with Gasteiger partial charge in [0.15, 0.2) is 0 Å². The lowest BCUT2D eigenvalue weighted by Gasteiger charge is -2.05. The summed E-state index contributed by atoms with van der Waals surface area (Å²) in [6.45, 7) is 8.87. The average molecular weight is 261 g/mol. The molecular formula is C17H27NO. The molecular weight excluding hydrogens is 234 g/mol. The van der Waals surface area contributed by atoms with Gasteiger partial charge in [-0.05, 0) is 44.1 Å². The molecule has 0 atom stereocenters. The number of nitrogens with one attached hydrogen (secondary N) is 1. The first-order chi connectivity index (χ1) is 9.06. The van der Waals surface area contributed by atoms with Gasteiger partial charge in [0.25, 0.3) is 0 Å². The molecule has 0 aromatic heterocycles. The lowest BCUT2D eigenvalue weighted by molar-refractivity contribution is -0.116. The molecule has 0 aliphatic heterocycles. The smallest absolute Gasteiger partial charge is 0.243 e. The van der Waals surface area contributed by atoms with E-state index in [2.05, 4.69) is 31.7 Å². The van der Waals surface area contributed by atoms with Gasteiger partial charge in [0.05, 0.1) is 0 Å². The topological polar surface area (TPSA) is 29.1 Å². The fourth-order valence-electron chi connectivity index (χ4n) is 1.58. The highest BCUT2D eigenvalue weighted by molar-refractivity contribution is 5.87. The molecule has 0 spiro atoms. The molecule has 0 aliphatic rings. The second-order valence-corrected chi connectivity index (χ2v) is 5.25. The Morgan fingerprint density at radius 1 is 1.42 bits per heavy atom. The number of carbonyl (C=O) groups excluding carboxylic acids is 1. The van der Waals surface area contributed by atoms with Crippen LogP contribution in [0.15, 0.2) is 24.3 Å². The quantitative estimate of drug-likeness (QED) is 0.275. The van der Waals surface area contributed by atoms with Gasteiger partial charge in [0, 0.05) is 13.0 Å². The van der Waals surface area contributed by atoms with Crippen molar-refractivity contribution in [1.29, 1.82) is 0 Å². The SMILES string of the molecule is C#CCCCCC(=C)CNC(=O)/C=C/CCC(C)C. The van der Waals surface area contributed by atoms with Gasteiger partial charge in [-0.1, -0.05) is 32.1 Å². The molecule has 0 radical (unpaired) electrons. The van der Waals surface area contributed by atoms with E-state index in [9.17, 15) is 4.79 Å². The molecule has 0 saturated heterocycles. The zero-order valence-corrected chi connectivity index (χ0v) is 12.4. The highest BCUT2D eigenvalue weighted by atomic mass is 16.1. The Balaban J connectivity index is 3.61. The highest BCUT2D eigenvalue weighted by Gasteiger charge is 1.98. The van der Waals surface area contributed by atoms with Crippen molar-refractivity contribution in [2.45, 2.75) is 52.4 Å². The Bertz CT molecular complexity index is 334. The Morgan fingerprint density at radius 2 is 2.16 bits per heavy atom. The fourth-order valence-corrected chi connectivity index (χ4v) is 1.58. The van der Waals surface area contributed by atoms with Gasteiger partial charge in [-0.25, -0.2) is 0 Å². The summed E-state index contributed by atoms with van der Waals surface area (Å²) >= 11 is 0. The van der Waals surface area contributed by atoms with E-state index in [4.69, 9.17) is 6.42 Å². The van der Waals surface area contributed by atoms with E-state index >= 15 is 0 Å². The van der Waals surface area contributed by atoms with Gasteiger partial charge in [-0.3, -0.25) is 4.79 Å². The van der Waals surface area contributed by atoms with Crippen molar-refractivity contribution in [2.24, 2.45) is 5.92 Å². The number of rotatable bonds is 10. The summed E-state index contributed by atoms with van der Waals surface area (Å²) in [7, 11) is 0. The van der Waals surface area contributed by atoms with Crippen LogP contribution >= 0.6 is 0 Å². The van der Waals surface area contributed by atoms with Crippen LogP contribution in [0, 0.1) is 18.3 Å². The maximum absolute atomic E-state index is 11.5. The van der Waals surface area contributed by atoms with E-state index in [0.29, 0.717) is 12.5 Å². The van der Waals surface area contributed by atoms with Crippen molar-refractivity contribution in [3.8, 4) is 12.3 Å². The third kappa shape index (κ3) is 12.8. The fraction of sp³-hybridized carbons (Fsp3) is 0.588. The molecule has 0 fully saturated rings. The molecule has 0 unspecified atom stereocenters. The summed E-state index contributed by atoms with van der Waals surface area (Å²) in [5, 5.41) is 2.85. The van der Waals surface area contributed by atoms with Crippen molar-refractivity contribution >= 4 is 5.91 Å². The zero-order chi connectivity index (χ0) is 14.5. The van der Waals surface area contributed by atoms with Crippen LogP contribution in [-0.2, 0) is 4.79 Å². The molecule has 0 saturated carbocycles. The number of terminal acetylenes is 1. The molecule has 1 amide bonds. The van der Waals surface area contributed by atoms with Crippen LogP contribution in [0.3, 0.4) is 0 Å². The predicted octanol–water partition coefficient (Wildman–Crippen LogP) is 3.84. The Hall–Kier alpha value is -1.49. The van der Waals surface area contributed by atoms with Crippen LogP contribution in [0.1, 0.15) is 52.4 Å². The predicted molar refractivity (Wildman–Crippen MR) is 82.7 cm³/mol. The maximum Gasteiger partial charge on any atom is 0.243 e. The third-order valence-electron chi connectivity index (χ3n) is 2.79. The second kappa shape index (κ2) is 11.6. The Morgan fingerprint density at radius 3 is 2.79 bits per heavy atom. The summed E-state index contributed by atoms with van der Waals surface area (Å²) in [5.74, 6) is 3.26. The molecule has 0 rings (SSSR count). The molecule has 0 aromatic rings. The lowest BCUT2D eigenvalue weighted by atomic mass is 10.1. The van der Waals surface area contributed by atoms with Crippen LogP contribution < -0.4 is 5.32 Å². The van der Waals surface area contributed by atoms with Crippen molar-refractivity contribution in [3.05, 3.63) is 24.3 Å². The summed E-state index contributed by atoms with van der Waals surface area (Å²) in [5.41, 5.74) is 1.06. The van der Waals surface area contributed by atoms with E-state index in [-0.39, 0.29) is 5.91 Å². The molecule has 0 aliphatic carbocycles. The zero-order valence-electron chi connectivity index (χ0n) is 12.4. The summed E-state index contributed by atoms with van der Waals surface area (Å²) in [6.07, 6.45) is 14.6. The molecule has 0 aromatic carbocycles. The maximum atomic E-state index is 11.5. The van der Waals surface area contributed by atoms with E-state index in [0.717, 1.165) is 44.1 Å².